The van der Waals surface area contributed by atoms with Gasteiger partial charge in [0.25, 0.3) is 0 Å². The molecule has 7 nitrogen and oxygen atoms in total. The van der Waals surface area contributed by atoms with Crippen molar-refractivity contribution in [2.24, 2.45) is 0 Å². The third kappa shape index (κ3) is 5.02. The number of amides is 1. The topological polar surface area (TPSA) is 81.7 Å². The lowest BCUT2D eigenvalue weighted by Crippen LogP contribution is -2.12. The number of benzene rings is 1. The minimum atomic E-state index is -0.0234. The van der Waals surface area contributed by atoms with E-state index >= 15 is 0 Å². The van der Waals surface area contributed by atoms with E-state index < -0.39 is 0 Å². The average molecular weight is 359 g/mol. The molecule has 0 fully saturated rings. The molecule has 1 aromatic heterocycles. The fraction of sp³-hybridized carbons (Fsp3) is 0.368. The van der Waals surface area contributed by atoms with E-state index in [4.69, 9.17) is 14.2 Å². The molecule has 0 saturated carbocycles. The van der Waals surface area contributed by atoms with Gasteiger partial charge in [0.1, 0.15) is 5.82 Å². The smallest absolute Gasteiger partial charge is 0.225 e. The van der Waals surface area contributed by atoms with Gasteiger partial charge >= 0.3 is 0 Å². The van der Waals surface area contributed by atoms with Crippen molar-refractivity contribution in [3.05, 3.63) is 30.5 Å². The van der Waals surface area contributed by atoms with Crippen molar-refractivity contribution in [2.75, 3.05) is 32.0 Å². The number of carbonyl (C=O) groups is 1. The first kappa shape index (κ1) is 19.4. The zero-order valence-electron chi connectivity index (χ0n) is 15.6. The van der Waals surface area contributed by atoms with Gasteiger partial charge in [0.2, 0.25) is 11.7 Å². The first-order valence-corrected chi connectivity index (χ1v) is 8.44. The highest BCUT2D eigenvalue weighted by atomic mass is 16.5. The van der Waals surface area contributed by atoms with Crippen LogP contribution in [0.5, 0.6) is 17.2 Å². The third-order valence-corrected chi connectivity index (χ3v) is 3.74. The van der Waals surface area contributed by atoms with Gasteiger partial charge in [-0.15, -0.1) is 0 Å². The molecule has 2 rings (SSSR count). The number of aromatic nitrogens is 1. The number of carbonyl (C=O) groups excluding carboxylic acids is 1. The van der Waals surface area contributed by atoms with E-state index in [0.29, 0.717) is 29.5 Å². The molecule has 2 N–H and O–H groups in total. The van der Waals surface area contributed by atoms with E-state index in [-0.39, 0.29) is 5.91 Å². The molecule has 0 atom stereocenters. The summed E-state index contributed by atoms with van der Waals surface area (Å²) in [6.07, 6.45) is 4.01. The number of nitrogens with zero attached hydrogens (tertiary/aromatic N) is 1. The molecule has 0 unspecified atom stereocenters. The summed E-state index contributed by atoms with van der Waals surface area (Å²) >= 11 is 0. The highest BCUT2D eigenvalue weighted by molar-refractivity contribution is 5.89. The van der Waals surface area contributed by atoms with E-state index in [9.17, 15) is 4.79 Å². The molecule has 7 heteroatoms. The maximum absolute atomic E-state index is 11.7. The largest absolute Gasteiger partial charge is 0.493 e. The quantitative estimate of drug-likeness (QED) is 0.705. The van der Waals surface area contributed by atoms with Crippen molar-refractivity contribution in [1.29, 1.82) is 0 Å². The number of nitrogens with one attached hydrogen (secondary N) is 2. The summed E-state index contributed by atoms with van der Waals surface area (Å²) in [6, 6.07) is 7.21. The third-order valence-electron chi connectivity index (χ3n) is 3.74. The molecule has 1 amide bonds. The van der Waals surface area contributed by atoms with E-state index in [2.05, 4.69) is 22.5 Å². The maximum Gasteiger partial charge on any atom is 0.225 e. The highest BCUT2D eigenvalue weighted by Gasteiger charge is 2.13. The zero-order chi connectivity index (χ0) is 18.9. The number of ether oxygens (including phenoxy) is 3. The molecule has 0 aliphatic rings. The predicted molar refractivity (Wildman–Crippen MR) is 102 cm³/mol. The Bertz CT molecular complexity index is 707. The van der Waals surface area contributed by atoms with Crippen molar-refractivity contribution < 1.29 is 19.0 Å². The Balaban J connectivity index is 2.10. The van der Waals surface area contributed by atoms with E-state index in [1.165, 1.54) is 0 Å². The molecular weight excluding hydrogens is 334 g/mol. The van der Waals surface area contributed by atoms with Crippen LogP contribution < -0.4 is 24.8 Å². The number of rotatable bonds is 9. The monoisotopic (exact) mass is 359 g/mol. The van der Waals surface area contributed by atoms with Gasteiger partial charge < -0.3 is 24.8 Å². The predicted octanol–water partition coefficient (Wildman–Crippen LogP) is 3.98. The van der Waals surface area contributed by atoms with Crippen LogP contribution in [0.4, 0.5) is 17.2 Å². The van der Waals surface area contributed by atoms with Crippen molar-refractivity contribution in [3.63, 3.8) is 0 Å². The molecule has 0 aliphatic carbocycles. The summed E-state index contributed by atoms with van der Waals surface area (Å²) in [6.45, 7) is 2.05. The minimum absolute atomic E-state index is 0.0234. The lowest BCUT2D eigenvalue weighted by Gasteiger charge is -2.15. The van der Waals surface area contributed by atoms with Gasteiger partial charge in [-0.05, 0) is 18.6 Å². The second kappa shape index (κ2) is 9.50. The molecular formula is C19H25N3O4. The molecule has 2 aromatic rings. The molecule has 0 bridgehead atoms. The Labute approximate surface area is 153 Å². The van der Waals surface area contributed by atoms with Crippen molar-refractivity contribution in [2.45, 2.75) is 26.2 Å². The van der Waals surface area contributed by atoms with E-state index in [1.807, 2.05) is 18.2 Å². The minimum Gasteiger partial charge on any atom is -0.493 e. The summed E-state index contributed by atoms with van der Waals surface area (Å²) in [5, 5.41) is 6.01. The SMILES string of the molecule is CCCCC(=O)Nc1ccc(Nc2cc(OC)c(OC)c(OC)c2)cn1. The van der Waals surface area contributed by atoms with E-state index in [1.54, 1.807) is 33.6 Å². The maximum atomic E-state index is 11.7. The zero-order valence-corrected chi connectivity index (χ0v) is 15.6. The Morgan fingerprint density at radius 1 is 1.04 bits per heavy atom. The fourth-order valence-corrected chi connectivity index (χ4v) is 2.40. The van der Waals surface area contributed by atoms with Gasteiger partial charge in [-0.1, -0.05) is 13.3 Å². The van der Waals surface area contributed by atoms with Crippen LogP contribution in [-0.2, 0) is 4.79 Å². The number of methoxy groups -OCH3 is 3. The standard InChI is InChI=1S/C19H25N3O4/c1-5-6-7-18(23)22-17-9-8-13(12-20-17)21-14-10-15(24-2)19(26-4)16(11-14)25-3/h8-12,21H,5-7H2,1-4H3,(H,20,22,23). The lowest BCUT2D eigenvalue weighted by molar-refractivity contribution is -0.116. The molecule has 0 radical (unpaired) electrons. The van der Waals surface area contributed by atoms with Gasteiger partial charge in [0.15, 0.2) is 11.5 Å². The summed E-state index contributed by atoms with van der Waals surface area (Å²) < 4.78 is 16.0. The molecule has 1 heterocycles. The van der Waals surface area contributed by atoms with Crippen LogP contribution in [0.1, 0.15) is 26.2 Å². The Morgan fingerprint density at radius 2 is 1.73 bits per heavy atom. The highest BCUT2D eigenvalue weighted by Crippen LogP contribution is 2.40. The molecule has 0 spiro atoms. The van der Waals surface area contributed by atoms with Crippen molar-refractivity contribution in [1.82, 2.24) is 4.98 Å². The van der Waals surface area contributed by atoms with Crippen LogP contribution in [0, 0.1) is 0 Å². The Kier molecular flexibility index (Phi) is 7.08. The number of hydrogen-bond donors (Lipinski definition) is 2. The second-order valence-corrected chi connectivity index (χ2v) is 5.62. The Hall–Kier alpha value is -2.96. The van der Waals surface area contributed by atoms with E-state index in [0.717, 1.165) is 24.2 Å². The first-order chi connectivity index (χ1) is 12.6. The molecule has 26 heavy (non-hydrogen) atoms. The van der Waals surface area contributed by atoms with Crippen LogP contribution in [0.2, 0.25) is 0 Å². The molecule has 1 aromatic carbocycles. The van der Waals surface area contributed by atoms with Crippen LogP contribution in [-0.4, -0.2) is 32.2 Å². The fourth-order valence-electron chi connectivity index (χ4n) is 2.40. The van der Waals surface area contributed by atoms with Crippen LogP contribution >= 0.6 is 0 Å². The lowest BCUT2D eigenvalue weighted by atomic mass is 10.2. The summed E-state index contributed by atoms with van der Waals surface area (Å²) in [5.41, 5.74) is 1.53. The van der Waals surface area contributed by atoms with Crippen molar-refractivity contribution in [3.8, 4) is 17.2 Å². The van der Waals surface area contributed by atoms with Crippen molar-refractivity contribution >= 4 is 23.1 Å². The van der Waals surface area contributed by atoms with Crippen LogP contribution in [0.3, 0.4) is 0 Å². The molecule has 0 saturated heterocycles. The first-order valence-electron chi connectivity index (χ1n) is 8.44. The summed E-state index contributed by atoms with van der Waals surface area (Å²) in [7, 11) is 4.70. The molecule has 0 aliphatic heterocycles. The van der Waals surface area contributed by atoms with Crippen LogP contribution in [0.15, 0.2) is 30.5 Å². The molecule has 140 valence electrons. The van der Waals surface area contributed by atoms with Gasteiger partial charge in [-0.2, -0.15) is 0 Å². The number of pyridine rings is 1. The van der Waals surface area contributed by atoms with Gasteiger partial charge in [0, 0.05) is 24.2 Å². The second-order valence-electron chi connectivity index (χ2n) is 5.62. The summed E-state index contributed by atoms with van der Waals surface area (Å²) in [5.74, 6) is 2.15. The van der Waals surface area contributed by atoms with Crippen LogP contribution in [0.25, 0.3) is 0 Å². The average Bonchev–Trinajstić information content (AvgIpc) is 2.67. The number of hydrogen-bond acceptors (Lipinski definition) is 6. The van der Waals surface area contributed by atoms with Gasteiger partial charge in [0.05, 0.1) is 33.2 Å². The number of unbranched alkanes of at least 4 members (excludes halogenated alkanes) is 1. The van der Waals surface area contributed by atoms with Gasteiger partial charge in [-0.3, -0.25) is 4.79 Å². The normalized spacial score (nSPS) is 10.2. The summed E-state index contributed by atoms with van der Waals surface area (Å²) in [4.78, 5) is 16.0. The van der Waals surface area contributed by atoms with Gasteiger partial charge in [-0.25, -0.2) is 4.98 Å². The number of anilines is 3. The Morgan fingerprint density at radius 3 is 2.23 bits per heavy atom.